The molecule has 4 heteroatoms. The van der Waals surface area contributed by atoms with Crippen LogP contribution < -0.4 is 0 Å². The zero-order valence-corrected chi connectivity index (χ0v) is 17.4. The zero-order chi connectivity index (χ0) is 20.6. The second kappa shape index (κ2) is 10.2. The zero-order valence-electron chi connectivity index (χ0n) is 16.6. The topological polar surface area (TPSA) is 40.5 Å². The fourth-order valence-electron chi connectivity index (χ4n) is 3.31. The third kappa shape index (κ3) is 6.18. The molecule has 0 unspecified atom stereocenters. The van der Waals surface area contributed by atoms with Crippen molar-refractivity contribution >= 4 is 17.6 Å². The van der Waals surface area contributed by atoms with Gasteiger partial charge in [0.1, 0.15) is 0 Å². The highest BCUT2D eigenvalue weighted by molar-refractivity contribution is 6.30. The molecule has 0 fully saturated rings. The van der Waals surface area contributed by atoms with Gasteiger partial charge in [0.25, 0.3) is 0 Å². The summed E-state index contributed by atoms with van der Waals surface area (Å²) in [6.45, 7) is 5.05. The Balaban J connectivity index is 1.69. The van der Waals surface area contributed by atoms with Crippen LogP contribution in [-0.2, 0) is 13.1 Å². The number of nitrogens with zero attached hydrogens (tertiary/aromatic N) is 1. The van der Waals surface area contributed by atoms with E-state index in [1.54, 1.807) is 12.1 Å². The number of carboxylic acid groups (broad SMARTS) is 1. The Kier molecular flexibility index (Phi) is 7.45. The average molecular weight is 408 g/mol. The van der Waals surface area contributed by atoms with Crippen molar-refractivity contribution in [2.45, 2.75) is 32.9 Å². The van der Waals surface area contributed by atoms with Gasteiger partial charge in [0.15, 0.2) is 0 Å². The van der Waals surface area contributed by atoms with Crippen LogP contribution in [0.2, 0.25) is 5.02 Å². The second-order valence-corrected chi connectivity index (χ2v) is 7.71. The third-order valence-corrected chi connectivity index (χ3v) is 5.22. The van der Waals surface area contributed by atoms with Gasteiger partial charge in [-0.2, -0.15) is 0 Å². The quantitative estimate of drug-likeness (QED) is 0.439. The fraction of sp³-hybridized carbons (Fsp3) is 0.240. The van der Waals surface area contributed by atoms with Crippen LogP contribution in [0.5, 0.6) is 0 Å². The fourth-order valence-corrected chi connectivity index (χ4v) is 3.44. The van der Waals surface area contributed by atoms with E-state index >= 15 is 0 Å². The van der Waals surface area contributed by atoms with Gasteiger partial charge in [0, 0.05) is 18.1 Å². The molecule has 0 spiro atoms. The summed E-state index contributed by atoms with van der Waals surface area (Å²) in [5.41, 5.74) is 4.94. The standard InChI is InChI=1S/C25H26ClNO2/c1-2-3-16-27(18-20-6-14-24(26)15-7-20)17-19-4-8-21(9-5-19)22-10-12-23(13-11-22)25(28)29/h4-15H,2-3,16-18H2,1H3,(H,28,29). The third-order valence-electron chi connectivity index (χ3n) is 4.97. The largest absolute Gasteiger partial charge is 0.478 e. The van der Waals surface area contributed by atoms with Gasteiger partial charge in [-0.25, -0.2) is 4.79 Å². The van der Waals surface area contributed by atoms with Crippen LogP contribution in [0.3, 0.4) is 0 Å². The molecule has 0 aromatic heterocycles. The van der Waals surface area contributed by atoms with Gasteiger partial charge in [0.2, 0.25) is 0 Å². The van der Waals surface area contributed by atoms with E-state index in [9.17, 15) is 4.79 Å². The van der Waals surface area contributed by atoms with E-state index in [1.807, 2.05) is 24.3 Å². The van der Waals surface area contributed by atoms with Crippen LogP contribution >= 0.6 is 11.6 Å². The van der Waals surface area contributed by atoms with Crippen molar-refractivity contribution in [3.05, 3.63) is 94.5 Å². The summed E-state index contributed by atoms with van der Waals surface area (Å²) in [7, 11) is 0. The van der Waals surface area contributed by atoms with Crippen LogP contribution in [0.25, 0.3) is 11.1 Å². The van der Waals surface area contributed by atoms with E-state index in [4.69, 9.17) is 16.7 Å². The van der Waals surface area contributed by atoms with Gasteiger partial charge in [-0.1, -0.05) is 73.5 Å². The molecule has 3 rings (SSSR count). The van der Waals surface area contributed by atoms with Crippen molar-refractivity contribution in [2.24, 2.45) is 0 Å². The van der Waals surface area contributed by atoms with Gasteiger partial charge < -0.3 is 5.11 Å². The molecule has 0 aliphatic rings. The summed E-state index contributed by atoms with van der Waals surface area (Å²) >= 11 is 6.01. The van der Waals surface area contributed by atoms with Crippen LogP contribution in [-0.4, -0.2) is 22.5 Å². The summed E-state index contributed by atoms with van der Waals surface area (Å²) < 4.78 is 0. The molecule has 3 aromatic rings. The molecule has 1 N–H and O–H groups in total. The number of rotatable bonds is 9. The van der Waals surface area contributed by atoms with Crippen molar-refractivity contribution in [3.8, 4) is 11.1 Å². The van der Waals surface area contributed by atoms with E-state index in [2.05, 4.69) is 48.2 Å². The molecule has 0 aliphatic heterocycles. The first-order chi connectivity index (χ1) is 14.0. The Morgan fingerprint density at radius 1 is 0.828 bits per heavy atom. The number of carboxylic acids is 1. The summed E-state index contributed by atoms with van der Waals surface area (Å²) in [4.78, 5) is 13.5. The van der Waals surface area contributed by atoms with Gasteiger partial charge in [-0.05, 0) is 59.5 Å². The number of hydrogen-bond donors (Lipinski definition) is 1. The van der Waals surface area contributed by atoms with Gasteiger partial charge in [-0.3, -0.25) is 4.90 Å². The minimum Gasteiger partial charge on any atom is -0.478 e. The van der Waals surface area contributed by atoms with Gasteiger partial charge in [0.05, 0.1) is 5.56 Å². The van der Waals surface area contributed by atoms with E-state index < -0.39 is 5.97 Å². The highest BCUT2D eigenvalue weighted by Gasteiger charge is 2.08. The maximum absolute atomic E-state index is 11.0. The highest BCUT2D eigenvalue weighted by Crippen LogP contribution is 2.22. The van der Waals surface area contributed by atoms with Gasteiger partial charge >= 0.3 is 5.97 Å². The lowest BCUT2D eigenvalue weighted by Gasteiger charge is -2.22. The average Bonchev–Trinajstić information content (AvgIpc) is 2.74. The van der Waals surface area contributed by atoms with Crippen LogP contribution in [0.4, 0.5) is 0 Å². The lowest BCUT2D eigenvalue weighted by atomic mass is 10.0. The molecule has 3 aromatic carbocycles. The molecule has 3 nitrogen and oxygen atoms in total. The number of halogens is 1. The first kappa shape index (κ1) is 21.1. The summed E-state index contributed by atoms with van der Waals surface area (Å²) in [6, 6.07) is 23.6. The number of aromatic carboxylic acids is 1. The molecule has 0 aliphatic carbocycles. The van der Waals surface area contributed by atoms with Crippen molar-refractivity contribution in [1.29, 1.82) is 0 Å². The molecule has 0 saturated heterocycles. The molecular weight excluding hydrogens is 382 g/mol. The Morgan fingerprint density at radius 3 is 1.79 bits per heavy atom. The predicted octanol–water partition coefficient (Wildman–Crippen LogP) is 6.51. The van der Waals surface area contributed by atoms with Gasteiger partial charge in [-0.15, -0.1) is 0 Å². The molecule has 0 heterocycles. The molecule has 0 radical (unpaired) electrons. The monoisotopic (exact) mass is 407 g/mol. The van der Waals surface area contributed by atoms with E-state index in [0.717, 1.165) is 35.8 Å². The first-order valence-corrected chi connectivity index (χ1v) is 10.3. The first-order valence-electron chi connectivity index (χ1n) is 9.94. The van der Waals surface area contributed by atoms with E-state index in [0.29, 0.717) is 5.56 Å². The lowest BCUT2D eigenvalue weighted by molar-refractivity contribution is 0.0697. The normalized spacial score (nSPS) is 11.0. The molecule has 0 amide bonds. The van der Waals surface area contributed by atoms with Crippen molar-refractivity contribution in [3.63, 3.8) is 0 Å². The lowest BCUT2D eigenvalue weighted by Crippen LogP contribution is -2.24. The molecule has 0 saturated carbocycles. The van der Waals surface area contributed by atoms with E-state index in [-0.39, 0.29) is 0 Å². The Labute approximate surface area is 177 Å². The number of unbranched alkanes of at least 4 members (excludes halogenated alkanes) is 1. The minimum absolute atomic E-state index is 0.305. The van der Waals surface area contributed by atoms with Crippen LogP contribution in [0.15, 0.2) is 72.8 Å². The Hall–Kier alpha value is -2.62. The maximum atomic E-state index is 11.0. The minimum atomic E-state index is -0.903. The van der Waals surface area contributed by atoms with Crippen molar-refractivity contribution in [1.82, 2.24) is 4.90 Å². The molecular formula is C25H26ClNO2. The van der Waals surface area contributed by atoms with Crippen molar-refractivity contribution in [2.75, 3.05) is 6.54 Å². The SMILES string of the molecule is CCCCN(Cc1ccc(Cl)cc1)Cc1ccc(-c2ccc(C(=O)O)cc2)cc1. The van der Waals surface area contributed by atoms with Crippen LogP contribution in [0, 0.1) is 0 Å². The molecule has 150 valence electrons. The molecule has 0 bridgehead atoms. The predicted molar refractivity (Wildman–Crippen MR) is 119 cm³/mol. The number of benzene rings is 3. The second-order valence-electron chi connectivity index (χ2n) is 7.27. The van der Waals surface area contributed by atoms with Crippen molar-refractivity contribution < 1.29 is 9.90 Å². The Morgan fingerprint density at radius 2 is 1.31 bits per heavy atom. The van der Waals surface area contributed by atoms with E-state index in [1.165, 1.54) is 24.0 Å². The van der Waals surface area contributed by atoms with Crippen LogP contribution in [0.1, 0.15) is 41.3 Å². The summed E-state index contributed by atoms with van der Waals surface area (Å²) in [5, 5.41) is 9.80. The smallest absolute Gasteiger partial charge is 0.335 e. The summed E-state index contributed by atoms with van der Waals surface area (Å²) in [5.74, 6) is -0.903. The highest BCUT2D eigenvalue weighted by atomic mass is 35.5. The number of carbonyl (C=O) groups is 1. The Bertz CT molecular complexity index is 919. The molecule has 29 heavy (non-hydrogen) atoms. The number of hydrogen-bond acceptors (Lipinski definition) is 2. The summed E-state index contributed by atoms with van der Waals surface area (Å²) in [6.07, 6.45) is 2.34. The molecule has 0 atom stereocenters. The maximum Gasteiger partial charge on any atom is 0.335 e.